The van der Waals surface area contributed by atoms with Crippen molar-refractivity contribution in [3.05, 3.63) is 29.8 Å². The molecular formula is C10H10F4N2O. The second-order valence-corrected chi connectivity index (χ2v) is 3.45. The number of nitrogens with zero attached hydrogens (tertiary/aromatic N) is 2. The van der Waals surface area contributed by atoms with Crippen LogP contribution in [0, 0.1) is 5.82 Å². The maximum Gasteiger partial charge on any atom is 0.390 e. The number of pyridine rings is 1. The fourth-order valence-electron chi connectivity index (χ4n) is 1.15. The zero-order valence-corrected chi connectivity index (χ0v) is 8.96. The molecule has 0 aliphatic rings. The maximum atomic E-state index is 13.1. The van der Waals surface area contributed by atoms with E-state index in [0.29, 0.717) is 0 Å². The number of alkyl halides is 3. The molecule has 0 saturated carbocycles. The summed E-state index contributed by atoms with van der Waals surface area (Å²) in [6, 6.07) is 1.13. The zero-order chi connectivity index (χ0) is 13.1. The molecule has 0 aromatic carbocycles. The molecular weight excluding hydrogens is 240 g/mol. The minimum absolute atomic E-state index is 0.287. The summed E-state index contributed by atoms with van der Waals surface area (Å²) in [4.78, 5) is 15.8. The Labute approximate surface area is 95.1 Å². The first-order chi connectivity index (χ1) is 7.81. The van der Waals surface area contributed by atoms with Crippen molar-refractivity contribution in [3.63, 3.8) is 0 Å². The highest BCUT2D eigenvalue weighted by atomic mass is 19.4. The van der Waals surface area contributed by atoms with Crippen LogP contribution in [0.15, 0.2) is 18.5 Å². The number of carbonyl (C=O) groups excluding carboxylic acids is 1. The van der Waals surface area contributed by atoms with Crippen LogP contribution in [0.5, 0.6) is 0 Å². The Kier molecular flexibility index (Phi) is 4.03. The molecule has 1 aromatic rings. The molecule has 94 valence electrons. The van der Waals surface area contributed by atoms with Crippen LogP contribution in [0.4, 0.5) is 17.6 Å². The number of rotatable bonds is 3. The quantitative estimate of drug-likeness (QED) is 0.771. The van der Waals surface area contributed by atoms with Crippen molar-refractivity contribution in [1.82, 2.24) is 9.88 Å². The van der Waals surface area contributed by atoms with Gasteiger partial charge in [0.25, 0.3) is 5.91 Å². The summed E-state index contributed by atoms with van der Waals surface area (Å²) < 4.78 is 49.0. The van der Waals surface area contributed by atoms with Crippen LogP contribution in [0.3, 0.4) is 0 Å². The largest absolute Gasteiger partial charge is 0.390 e. The summed E-state index contributed by atoms with van der Waals surface area (Å²) in [6.07, 6.45) is -3.42. The zero-order valence-electron chi connectivity index (χ0n) is 8.96. The van der Waals surface area contributed by atoms with Gasteiger partial charge in [0.1, 0.15) is 0 Å². The molecule has 0 atom stereocenters. The standard InChI is InChI=1S/C10H10F4N2O/c1-16(5-3-10(12,13)14)9(17)7-2-4-15-6-8(7)11/h2,4,6H,3,5H2,1H3. The molecule has 0 aliphatic heterocycles. The van der Waals surface area contributed by atoms with Gasteiger partial charge < -0.3 is 4.90 Å². The van der Waals surface area contributed by atoms with Crippen molar-refractivity contribution in [1.29, 1.82) is 0 Å². The van der Waals surface area contributed by atoms with Crippen LogP contribution in [-0.4, -0.2) is 35.6 Å². The third-order valence-corrected chi connectivity index (χ3v) is 2.08. The summed E-state index contributed by atoms with van der Waals surface area (Å²) in [5.74, 6) is -1.65. The fraction of sp³-hybridized carbons (Fsp3) is 0.400. The topological polar surface area (TPSA) is 33.2 Å². The minimum atomic E-state index is -4.34. The monoisotopic (exact) mass is 250 g/mol. The molecule has 1 amide bonds. The summed E-state index contributed by atoms with van der Waals surface area (Å²) in [6.45, 7) is -0.510. The Morgan fingerprint density at radius 1 is 1.47 bits per heavy atom. The molecule has 0 fully saturated rings. The van der Waals surface area contributed by atoms with Gasteiger partial charge >= 0.3 is 6.18 Å². The number of hydrogen-bond donors (Lipinski definition) is 0. The predicted molar refractivity (Wildman–Crippen MR) is 51.8 cm³/mol. The van der Waals surface area contributed by atoms with Crippen LogP contribution >= 0.6 is 0 Å². The molecule has 1 aromatic heterocycles. The van der Waals surface area contributed by atoms with Gasteiger partial charge in [-0.15, -0.1) is 0 Å². The lowest BCUT2D eigenvalue weighted by Crippen LogP contribution is -2.31. The highest BCUT2D eigenvalue weighted by molar-refractivity contribution is 5.94. The van der Waals surface area contributed by atoms with E-state index in [0.717, 1.165) is 17.2 Å². The SMILES string of the molecule is CN(CCC(F)(F)F)C(=O)c1ccncc1F. The minimum Gasteiger partial charge on any atom is -0.341 e. The third-order valence-electron chi connectivity index (χ3n) is 2.08. The van der Waals surface area contributed by atoms with Gasteiger partial charge in [0.05, 0.1) is 18.2 Å². The second-order valence-electron chi connectivity index (χ2n) is 3.45. The van der Waals surface area contributed by atoms with Crippen molar-refractivity contribution in [2.45, 2.75) is 12.6 Å². The molecule has 0 unspecified atom stereocenters. The van der Waals surface area contributed by atoms with Crippen molar-refractivity contribution in [2.24, 2.45) is 0 Å². The first kappa shape index (κ1) is 13.4. The van der Waals surface area contributed by atoms with Crippen molar-refractivity contribution in [3.8, 4) is 0 Å². The van der Waals surface area contributed by atoms with Crippen LogP contribution < -0.4 is 0 Å². The van der Waals surface area contributed by atoms with E-state index in [1.807, 2.05) is 0 Å². The Morgan fingerprint density at radius 2 is 2.12 bits per heavy atom. The molecule has 7 heteroatoms. The average Bonchev–Trinajstić information content (AvgIpc) is 2.24. The number of carbonyl (C=O) groups is 1. The number of amides is 1. The Balaban J connectivity index is 2.68. The van der Waals surface area contributed by atoms with E-state index >= 15 is 0 Å². The van der Waals surface area contributed by atoms with Crippen molar-refractivity contribution < 1.29 is 22.4 Å². The highest BCUT2D eigenvalue weighted by Gasteiger charge is 2.28. The van der Waals surface area contributed by atoms with E-state index in [-0.39, 0.29) is 5.56 Å². The fourth-order valence-corrected chi connectivity index (χ4v) is 1.15. The van der Waals surface area contributed by atoms with Gasteiger partial charge in [-0.05, 0) is 6.07 Å². The van der Waals surface area contributed by atoms with E-state index in [4.69, 9.17) is 0 Å². The van der Waals surface area contributed by atoms with E-state index < -0.39 is 30.9 Å². The lowest BCUT2D eigenvalue weighted by Gasteiger charge is -2.18. The summed E-state index contributed by atoms with van der Waals surface area (Å²) in [7, 11) is 1.19. The molecule has 0 N–H and O–H groups in total. The second kappa shape index (κ2) is 5.11. The first-order valence-corrected chi connectivity index (χ1v) is 4.73. The van der Waals surface area contributed by atoms with Gasteiger partial charge in [-0.2, -0.15) is 13.2 Å². The summed E-state index contributed by atoms with van der Waals surface area (Å²) >= 11 is 0. The molecule has 1 heterocycles. The number of halogens is 4. The van der Waals surface area contributed by atoms with Gasteiger partial charge in [-0.3, -0.25) is 9.78 Å². The normalized spacial score (nSPS) is 11.4. The Hall–Kier alpha value is -1.66. The molecule has 0 saturated heterocycles. The molecule has 0 radical (unpaired) electrons. The molecule has 3 nitrogen and oxygen atoms in total. The van der Waals surface area contributed by atoms with Crippen LogP contribution in [0.25, 0.3) is 0 Å². The van der Waals surface area contributed by atoms with Crippen molar-refractivity contribution in [2.75, 3.05) is 13.6 Å². The summed E-state index contributed by atoms with van der Waals surface area (Å²) in [5, 5.41) is 0. The van der Waals surface area contributed by atoms with E-state index in [1.54, 1.807) is 0 Å². The molecule has 17 heavy (non-hydrogen) atoms. The van der Waals surface area contributed by atoms with Gasteiger partial charge in [0.15, 0.2) is 5.82 Å². The van der Waals surface area contributed by atoms with Gasteiger partial charge in [0.2, 0.25) is 0 Å². The van der Waals surface area contributed by atoms with Crippen LogP contribution in [0.2, 0.25) is 0 Å². The maximum absolute atomic E-state index is 13.1. The average molecular weight is 250 g/mol. The lowest BCUT2D eigenvalue weighted by atomic mass is 10.2. The van der Waals surface area contributed by atoms with Gasteiger partial charge in [-0.25, -0.2) is 4.39 Å². The smallest absolute Gasteiger partial charge is 0.341 e. The molecule has 1 rings (SSSR count). The predicted octanol–water partition coefficient (Wildman–Crippen LogP) is 2.25. The van der Waals surface area contributed by atoms with Crippen LogP contribution in [-0.2, 0) is 0 Å². The van der Waals surface area contributed by atoms with E-state index in [2.05, 4.69) is 4.98 Å². The Bertz CT molecular complexity index is 406. The molecule has 0 aliphatic carbocycles. The van der Waals surface area contributed by atoms with Crippen molar-refractivity contribution >= 4 is 5.91 Å². The highest BCUT2D eigenvalue weighted by Crippen LogP contribution is 2.20. The number of aromatic nitrogens is 1. The first-order valence-electron chi connectivity index (χ1n) is 4.73. The third kappa shape index (κ3) is 4.01. The number of hydrogen-bond acceptors (Lipinski definition) is 2. The summed E-state index contributed by atoms with van der Waals surface area (Å²) in [5.41, 5.74) is -0.287. The molecule has 0 bridgehead atoms. The lowest BCUT2D eigenvalue weighted by molar-refractivity contribution is -0.136. The van der Waals surface area contributed by atoms with Gasteiger partial charge in [-0.1, -0.05) is 0 Å². The molecule has 0 spiro atoms. The Morgan fingerprint density at radius 3 is 2.65 bits per heavy atom. The van der Waals surface area contributed by atoms with E-state index in [1.165, 1.54) is 13.2 Å². The van der Waals surface area contributed by atoms with Gasteiger partial charge in [0, 0.05) is 19.8 Å². The van der Waals surface area contributed by atoms with E-state index in [9.17, 15) is 22.4 Å². The van der Waals surface area contributed by atoms with Crippen LogP contribution in [0.1, 0.15) is 16.8 Å².